The van der Waals surface area contributed by atoms with E-state index in [0.717, 1.165) is 26.1 Å². The van der Waals surface area contributed by atoms with E-state index in [9.17, 15) is 9.59 Å². The zero-order valence-electron chi connectivity index (χ0n) is 17.0. The number of guanidine groups is 1. The predicted octanol–water partition coefficient (Wildman–Crippen LogP) is 2.88. The van der Waals surface area contributed by atoms with Gasteiger partial charge in [-0.2, -0.15) is 0 Å². The molecule has 8 heteroatoms. The Bertz CT molecular complexity index is 468. The lowest BCUT2D eigenvalue weighted by molar-refractivity contribution is 0.0545. The molecule has 0 radical (unpaired) electrons. The smallest absolute Gasteiger partial charge is 0.414 e. The molecule has 2 amide bonds. The Kier molecular flexibility index (Phi) is 8.33. The van der Waals surface area contributed by atoms with Gasteiger partial charge in [-0.1, -0.05) is 0 Å². The maximum absolute atomic E-state index is 12.0. The number of rotatable bonds is 4. The van der Waals surface area contributed by atoms with E-state index in [2.05, 4.69) is 20.5 Å². The van der Waals surface area contributed by atoms with E-state index in [0.29, 0.717) is 6.54 Å². The van der Waals surface area contributed by atoms with Crippen molar-refractivity contribution in [2.75, 3.05) is 26.2 Å². The van der Waals surface area contributed by atoms with Gasteiger partial charge in [0.15, 0.2) is 0 Å². The Morgan fingerprint density at radius 3 is 1.81 bits per heavy atom. The minimum atomic E-state index is -0.674. The molecule has 0 unspecified atom stereocenters. The average molecular weight is 370 g/mol. The Morgan fingerprint density at radius 1 is 0.923 bits per heavy atom. The molecule has 2 N–H and O–H groups in total. The van der Waals surface area contributed by atoms with E-state index in [4.69, 9.17) is 9.47 Å². The van der Waals surface area contributed by atoms with E-state index < -0.39 is 23.4 Å². The van der Waals surface area contributed by atoms with Crippen molar-refractivity contribution in [3.05, 3.63) is 0 Å². The van der Waals surface area contributed by atoms with Crippen molar-refractivity contribution in [3.63, 3.8) is 0 Å². The van der Waals surface area contributed by atoms with Crippen LogP contribution in [0.5, 0.6) is 0 Å². The van der Waals surface area contributed by atoms with Gasteiger partial charge in [-0.25, -0.2) is 9.59 Å². The van der Waals surface area contributed by atoms with Crippen LogP contribution < -0.4 is 10.6 Å². The topological polar surface area (TPSA) is 92.3 Å². The summed E-state index contributed by atoms with van der Waals surface area (Å²) in [5, 5.41) is 4.96. The second-order valence-electron chi connectivity index (χ2n) is 8.39. The van der Waals surface area contributed by atoms with Gasteiger partial charge >= 0.3 is 12.2 Å². The third kappa shape index (κ3) is 10.9. The molecule has 0 saturated carbocycles. The van der Waals surface area contributed by atoms with Gasteiger partial charge in [-0.3, -0.25) is 15.6 Å². The minimum Gasteiger partial charge on any atom is -0.444 e. The summed E-state index contributed by atoms with van der Waals surface area (Å²) in [5.41, 5.74) is -1.28. The highest BCUT2D eigenvalue weighted by molar-refractivity contribution is 6.01. The molecule has 1 rings (SSSR count). The van der Waals surface area contributed by atoms with Gasteiger partial charge < -0.3 is 14.4 Å². The zero-order chi connectivity index (χ0) is 19.8. The summed E-state index contributed by atoms with van der Waals surface area (Å²) in [6.07, 6.45) is 1.98. The largest absolute Gasteiger partial charge is 0.444 e. The molecule has 0 atom stereocenters. The Balaban J connectivity index is 2.59. The molecule has 150 valence electrons. The fourth-order valence-electron chi connectivity index (χ4n) is 2.40. The lowest BCUT2D eigenvalue weighted by Crippen LogP contribution is -2.47. The summed E-state index contributed by atoms with van der Waals surface area (Å²) in [5.74, 6) is 0.0370. The molecule has 0 aromatic heterocycles. The van der Waals surface area contributed by atoms with Crippen LogP contribution in [0.25, 0.3) is 0 Å². The Morgan fingerprint density at radius 2 is 1.38 bits per heavy atom. The SMILES string of the molecule is CC(C)(C)OC(=O)NC(=NCCCN1CCCC1)NC(=O)OC(C)(C)C. The van der Waals surface area contributed by atoms with Gasteiger partial charge in [-0.15, -0.1) is 0 Å². The maximum atomic E-state index is 12.0. The number of ether oxygens (including phenoxy) is 2. The Labute approximate surface area is 156 Å². The third-order valence-corrected chi connectivity index (χ3v) is 3.34. The summed E-state index contributed by atoms with van der Waals surface area (Å²) < 4.78 is 10.4. The van der Waals surface area contributed by atoms with Crippen molar-refractivity contribution in [2.45, 2.75) is 72.0 Å². The maximum Gasteiger partial charge on any atom is 0.414 e. The molecule has 1 aliphatic heterocycles. The molecule has 8 nitrogen and oxygen atoms in total. The third-order valence-electron chi connectivity index (χ3n) is 3.34. The number of nitrogens with zero attached hydrogens (tertiary/aromatic N) is 2. The number of hydrogen-bond donors (Lipinski definition) is 2. The van der Waals surface area contributed by atoms with Gasteiger partial charge in [0.05, 0.1) is 0 Å². The number of alkyl carbamates (subject to hydrolysis) is 2. The molecular formula is C18H34N4O4. The molecule has 1 aliphatic rings. The molecule has 26 heavy (non-hydrogen) atoms. The predicted molar refractivity (Wildman–Crippen MR) is 101 cm³/mol. The summed E-state index contributed by atoms with van der Waals surface area (Å²) >= 11 is 0. The first-order valence-electron chi connectivity index (χ1n) is 9.21. The van der Waals surface area contributed by atoms with Crippen LogP contribution in [0.4, 0.5) is 9.59 Å². The minimum absolute atomic E-state index is 0.0370. The van der Waals surface area contributed by atoms with Crippen LogP contribution in [0.15, 0.2) is 4.99 Å². The molecule has 0 aromatic carbocycles. The van der Waals surface area contributed by atoms with Crippen LogP contribution in [0.3, 0.4) is 0 Å². The number of carbonyl (C=O) groups excluding carboxylic acids is 2. The van der Waals surface area contributed by atoms with E-state index in [1.165, 1.54) is 12.8 Å². The number of amides is 2. The summed E-state index contributed by atoms with van der Waals surface area (Å²) in [6.45, 7) is 14.3. The monoisotopic (exact) mass is 370 g/mol. The molecule has 0 aliphatic carbocycles. The van der Waals surface area contributed by atoms with E-state index in [1.807, 2.05) is 0 Å². The van der Waals surface area contributed by atoms with Crippen molar-refractivity contribution in [2.24, 2.45) is 4.99 Å². The normalized spacial score (nSPS) is 15.3. The molecule has 0 aromatic rings. The lowest BCUT2D eigenvalue weighted by Gasteiger charge is -2.22. The fourth-order valence-corrected chi connectivity index (χ4v) is 2.40. The second kappa shape index (κ2) is 9.75. The molecule has 0 spiro atoms. The van der Waals surface area contributed by atoms with Crippen molar-refractivity contribution >= 4 is 18.1 Å². The van der Waals surface area contributed by atoms with Crippen molar-refractivity contribution in [1.29, 1.82) is 0 Å². The fraction of sp³-hybridized carbons (Fsp3) is 0.833. The van der Waals surface area contributed by atoms with Crippen LogP contribution in [0.2, 0.25) is 0 Å². The highest BCUT2D eigenvalue weighted by atomic mass is 16.6. The number of aliphatic imine (C=N–C) groups is 1. The molecular weight excluding hydrogens is 336 g/mol. The van der Waals surface area contributed by atoms with Crippen molar-refractivity contribution in [1.82, 2.24) is 15.5 Å². The van der Waals surface area contributed by atoms with Crippen LogP contribution in [-0.2, 0) is 9.47 Å². The van der Waals surface area contributed by atoms with Gasteiger partial charge in [0.1, 0.15) is 11.2 Å². The van der Waals surface area contributed by atoms with Gasteiger partial charge in [0, 0.05) is 6.54 Å². The second-order valence-corrected chi connectivity index (χ2v) is 8.39. The number of carbonyl (C=O) groups is 2. The number of likely N-dealkylation sites (tertiary alicyclic amines) is 1. The first-order valence-corrected chi connectivity index (χ1v) is 9.21. The average Bonchev–Trinajstić information content (AvgIpc) is 2.92. The molecule has 0 bridgehead atoms. The molecule has 1 saturated heterocycles. The highest BCUT2D eigenvalue weighted by Gasteiger charge is 2.21. The van der Waals surface area contributed by atoms with Crippen molar-refractivity contribution < 1.29 is 19.1 Å². The van der Waals surface area contributed by atoms with Crippen LogP contribution in [0.1, 0.15) is 60.8 Å². The van der Waals surface area contributed by atoms with Gasteiger partial charge in [0.25, 0.3) is 0 Å². The van der Waals surface area contributed by atoms with E-state index in [1.54, 1.807) is 41.5 Å². The lowest BCUT2D eigenvalue weighted by atomic mass is 10.2. The summed E-state index contributed by atoms with van der Waals surface area (Å²) in [7, 11) is 0. The summed E-state index contributed by atoms with van der Waals surface area (Å²) in [6, 6.07) is 0. The number of hydrogen-bond acceptors (Lipinski definition) is 6. The van der Waals surface area contributed by atoms with Crippen molar-refractivity contribution in [3.8, 4) is 0 Å². The zero-order valence-corrected chi connectivity index (χ0v) is 17.0. The standard InChI is InChI=1S/C18H34N4O4/c1-17(2,3)25-15(23)20-14(21-16(24)26-18(4,5)6)19-10-9-13-22-11-7-8-12-22/h7-13H2,1-6H3,(H2,19,20,21,23,24). The number of nitrogens with one attached hydrogen (secondary N) is 2. The quantitative estimate of drug-likeness (QED) is 0.451. The molecule has 1 fully saturated rings. The molecule has 1 heterocycles. The van der Waals surface area contributed by atoms with Gasteiger partial charge in [0.2, 0.25) is 5.96 Å². The highest BCUT2D eigenvalue weighted by Crippen LogP contribution is 2.08. The first kappa shape index (κ1) is 22.2. The summed E-state index contributed by atoms with van der Waals surface area (Å²) in [4.78, 5) is 30.6. The van der Waals surface area contributed by atoms with Crippen LogP contribution >= 0.6 is 0 Å². The van der Waals surface area contributed by atoms with E-state index >= 15 is 0 Å². The van der Waals surface area contributed by atoms with Crippen LogP contribution in [-0.4, -0.2) is 60.4 Å². The van der Waals surface area contributed by atoms with E-state index in [-0.39, 0.29) is 5.96 Å². The van der Waals surface area contributed by atoms with Crippen LogP contribution in [0, 0.1) is 0 Å². The first-order chi connectivity index (χ1) is 11.9. The Hall–Kier alpha value is -1.83. The van der Waals surface area contributed by atoms with Gasteiger partial charge in [-0.05, 0) is 80.4 Å².